The topological polar surface area (TPSA) is 80.9 Å². The Kier molecular flexibility index (Phi) is 4.09. The Morgan fingerprint density at radius 1 is 1.16 bits per heavy atom. The van der Waals surface area contributed by atoms with Gasteiger partial charge in [-0.05, 0) is 18.2 Å². The van der Waals surface area contributed by atoms with Gasteiger partial charge in [-0.2, -0.15) is 0 Å². The molecule has 0 aliphatic rings. The molecule has 2 aromatic rings. The van der Waals surface area contributed by atoms with Gasteiger partial charge in [0.05, 0.1) is 10.7 Å². The summed E-state index contributed by atoms with van der Waals surface area (Å²) >= 11 is 17.5. The number of nitrogens with one attached hydrogen (secondary N) is 1. The van der Waals surface area contributed by atoms with Crippen LogP contribution in [0.4, 0.5) is 11.4 Å². The van der Waals surface area contributed by atoms with Crippen molar-refractivity contribution in [3.63, 3.8) is 0 Å². The molecule has 0 fully saturated rings. The quantitative estimate of drug-likeness (QED) is 0.658. The lowest BCUT2D eigenvalue weighted by atomic mass is 10.2. The number of amides is 1. The number of benzene rings is 1. The van der Waals surface area contributed by atoms with Gasteiger partial charge in [-0.15, -0.1) is 0 Å². The van der Waals surface area contributed by atoms with Crippen LogP contribution >= 0.6 is 34.8 Å². The first kappa shape index (κ1) is 13.9. The van der Waals surface area contributed by atoms with E-state index in [9.17, 15) is 4.79 Å². The Bertz CT molecular complexity index is 628. The molecule has 0 aliphatic carbocycles. The lowest BCUT2D eigenvalue weighted by molar-refractivity contribution is 0.102. The fraction of sp³-hybridized carbons (Fsp3) is 0. The Morgan fingerprint density at radius 3 is 2.37 bits per heavy atom. The van der Waals surface area contributed by atoms with Gasteiger partial charge in [0.1, 0.15) is 12.0 Å². The zero-order valence-corrected chi connectivity index (χ0v) is 11.6. The summed E-state index contributed by atoms with van der Waals surface area (Å²) in [5, 5.41) is 2.90. The molecule has 3 N–H and O–H groups in total. The maximum atomic E-state index is 12.0. The van der Waals surface area contributed by atoms with E-state index in [2.05, 4.69) is 15.3 Å². The molecule has 0 unspecified atom stereocenters. The lowest BCUT2D eigenvalue weighted by Crippen LogP contribution is -2.13. The van der Waals surface area contributed by atoms with Crippen LogP contribution < -0.4 is 11.1 Å². The Balaban J connectivity index is 2.28. The van der Waals surface area contributed by atoms with Crippen molar-refractivity contribution in [3.8, 4) is 0 Å². The highest BCUT2D eigenvalue weighted by molar-refractivity contribution is 6.38. The number of hydrogen-bond donors (Lipinski definition) is 2. The predicted molar refractivity (Wildman–Crippen MR) is 75.9 cm³/mol. The molecule has 2 rings (SSSR count). The molecule has 0 aliphatic heterocycles. The van der Waals surface area contributed by atoms with Crippen molar-refractivity contribution in [1.29, 1.82) is 0 Å². The first-order chi connectivity index (χ1) is 8.99. The minimum Gasteiger partial charge on any atom is -0.398 e. The number of hydrogen-bond acceptors (Lipinski definition) is 4. The van der Waals surface area contributed by atoms with Gasteiger partial charge in [0.2, 0.25) is 0 Å². The molecular weight excluding hydrogens is 311 g/mol. The summed E-state index contributed by atoms with van der Waals surface area (Å²) in [7, 11) is 0. The van der Waals surface area contributed by atoms with E-state index < -0.39 is 5.91 Å². The summed E-state index contributed by atoms with van der Waals surface area (Å²) in [6.45, 7) is 0. The van der Waals surface area contributed by atoms with Gasteiger partial charge in [-0.25, -0.2) is 9.97 Å². The lowest BCUT2D eigenvalue weighted by Gasteiger charge is -2.08. The molecule has 19 heavy (non-hydrogen) atoms. The van der Waals surface area contributed by atoms with Gasteiger partial charge in [0.15, 0.2) is 10.3 Å². The smallest absolute Gasteiger partial charge is 0.255 e. The van der Waals surface area contributed by atoms with Crippen molar-refractivity contribution in [3.05, 3.63) is 45.4 Å². The van der Waals surface area contributed by atoms with Gasteiger partial charge in [-0.3, -0.25) is 4.79 Å². The number of halogens is 3. The van der Waals surface area contributed by atoms with Crippen LogP contribution in [0.25, 0.3) is 0 Å². The van der Waals surface area contributed by atoms with Crippen LogP contribution in [-0.2, 0) is 0 Å². The van der Waals surface area contributed by atoms with Crippen LogP contribution in [0.5, 0.6) is 0 Å². The van der Waals surface area contributed by atoms with Crippen molar-refractivity contribution in [2.24, 2.45) is 0 Å². The molecule has 98 valence electrons. The van der Waals surface area contributed by atoms with Crippen LogP contribution in [-0.4, -0.2) is 15.9 Å². The van der Waals surface area contributed by atoms with Gasteiger partial charge >= 0.3 is 0 Å². The molecule has 1 aromatic heterocycles. The van der Waals surface area contributed by atoms with Gasteiger partial charge in [0, 0.05) is 5.56 Å². The second-order valence-electron chi connectivity index (χ2n) is 3.52. The summed E-state index contributed by atoms with van der Waals surface area (Å²) in [5.41, 5.74) is 6.41. The predicted octanol–water partition coefficient (Wildman–Crippen LogP) is 3.27. The van der Waals surface area contributed by atoms with E-state index in [0.29, 0.717) is 11.3 Å². The molecule has 1 aromatic carbocycles. The second-order valence-corrected chi connectivity index (χ2v) is 4.64. The van der Waals surface area contributed by atoms with Crippen molar-refractivity contribution in [1.82, 2.24) is 9.97 Å². The van der Waals surface area contributed by atoms with Gasteiger partial charge in [-0.1, -0.05) is 34.8 Å². The molecule has 0 bridgehead atoms. The highest BCUT2D eigenvalue weighted by Gasteiger charge is 2.14. The minimum absolute atomic E-state index is 0.0508. The number of carbonyl (C=O) groups excluding carboxylic acids is 1. The largest absolute Gasteiger partial charge is 0.398 e. The fourth-order valence-electron chi connectivity index (χ4n) is 1.30. The van der Waals surface area contributed by atoms with E-state index >= 15 is 0 Å². The third-order valence-electron chi connectivity index (χ3n) is 2.26. The Labute approximate surface area is 123 Å². The summed E-state index contributed by atoms with van der Waals surface area (Å²) in [5.74, 6) is -0.444. The van der Waals surface area contributed by atoms with Crippen LogP contribution in [0.15, 0.2) is 24.5 Å². The SMILES string of the molecule is Nc1ccc(C(=O)Nc2c(Cl)ncnc2Cl)cc1Cl. The number of nitrogens with two attached hydrogens (primary N) is 1. The van der Waals surface area contributed by atoms with E-state index in [4.69, 9.17) is 40.5 Å². The maximum absolute atomic E-state index is 12.0. The maximum Gasteiger partial charge on any atom is 0.255 e. The van der Waals surface area contributed by atoms with Crippen molar-refractivity contribution >= 4 is 52.1 Å². The highest BCUT2D eigenvalue weighted by Crippen LogP contribution is 2.27. The van der Waals surface area contributed by atoms with Crippen molar-refractivity contribution < 1.29 is 4.79 Å². The second kappa shape index (κ2) is 5.61. The first-order valence-electron chi connectivity index (χ1n) is 5.01. The molecule has 1 heterocycles. The molecule has 5 nitrogen and oxygen atoms in total. The Hall–Kier alpha value is -1.56. The molecule has 1 amide bonds. The van der Waals surface area contributed by atoms with Crippen LogP contribution in [0, 0.1) is 0 Å². The molecular formula is C11H7Cl3N4O. The molecule has 0 radical (unpaired) electrons. The van der Waals surface area contributed by atoms with E-state index in [1.165, 1.54) is 24.5 Å². The number of rotatable bonds is 2. The van der Waals surface area contributed by atoms with E-state index in [1.807, 2.05) is 0 Å². The molecule has 0 atom stereocenters. The first-order valence-corrected chi connectivity index (χ1v) is 6.15. The Morgan fingerprint density at radius 2 is 1.79 bits per heavy atom. The number of nitrogen functional groups attached to an aromatic ring is 1. The van der Waals surface area contributed by atoms with Gasteiger partial charge in [0.25, 0.3) is 5.91 Å². The van der Waals surface area contributed by atoms with E-state index in [0.717, 1.165) is 0 Å². The van der Waals surface area contributed by atoms with E-state index in [-0.39, 0.29) is 21.0 Å². The standard InChI is InChI=1S/C11H7Cl3N4O/c12-6-3-5(1-2-7(6)15)11(19)18-8-9(13)16-4-17-10(8)14/h1-4H,15H2,(H,18,19). The average molecular weight is 318 g/mol. The van der Waals surface area contributed by atoms with Crippen LogP contribution in [0.2, 0.25) is 15.3 Å². The monoisotopic (exact) mass is 316 g/mol. The number of carbonyl (C=O) groups is 1. The summed E-state index contributed by atoms with van der Waals surface area (Å²) in [6.07, 6.45) is 1.19. The normalized spacial score (nSPS) is 10.3. The van der Waals surface area contributed by atoms with Crippen LogP contribution in [0.3, 0.4) is 0 Å². The third kappa shape index (κ3) is 3.07. The summed E-state index contributed by atoms with van der Waals surface area (Å²) in [6, 6.07) is 4.50. The molecule has 0 saturated heterocycles. The van der Waals surface area contributed by atoms with E-state index in [1.54, 1.807) is 0 Å². The number of aromatic nitrogens is 2. The minimum atomic E-state index is -0.444. The molecule has 8 heteroatoms. The zero-order chi connectivity index (χ0) is 14.0. The molecule has 0 spiro atoms. The highest BCUT2D eigenvalue weighted by atomic mass is 35.5. The average Bonchev–Trinajstić information content (AvgIpc) is 2.37. The third-order valence-corrected chi connectivity index (χ3v) is 3.16. The number of nitrogens with zero attached hydrogens (tertiary/aromatic N) is 2. The zero-order valence-electron chi connectivity index (χ0n) is 9.32. The van der Waals surface area contributed by atoms with Crippen molar-refractivity contribution in [2.75, 3.05) is 11.1 Å². The summed E-state index contributed by atoms with van der Waals surface area (Å²) in [4.78, 5) is 19.5. The number of anilines is 2. The summed E-state index contributed by atoms with van der Waals surface area (Å²) < 4.78 is 0. The van der Waals surface area contributed by atoms with Crippen LogP contribution in [0.1, 0.15) is 10.4 Å². The fourth-order valence-corrected chi connectivity index (χ4v) is 1.89. The molecule has 0 saturated carbocycles. The van der Waals surface area contributed by atoms with Gasteiger partial charge < -0.3 is 11.1 Å². The van der Waals surface area contributed by atoms with Crippen molar-refractivity contribution in [2.45, 2.75) is 0 Å².